The fourth-order valence-electron chi connectivity index (χ4n) is 2.05. The molecule has 114 valence electrons. The fraction of sp³-hybridized carbons (Fsp3) is 0.375. The molecule has 2 aromatic rings. The van der Waals surface area contributed by atoms with E-state index in [1.807, 2.05) is 19.2 Å². The first-order valence-electron chi connectivity index (χ1n) is 6.93. The van der Waals surface area contributed by atoms with Gasteiger partial charge in [0.2, 0.25) is 0 Å². The Morgan fingerprint density at radius 1 is 1.19 bits per heavy atom. The molecule has 0 saturated heterocycles. The normalized spacial score (nSPS) is 11.1. The van der Waals surface area contributed by atoms with Crippen LogP contribution in [0, 0.1) is 0 Å². The van der Waals surface area contributed by atoms with E-state index in [4.69, 9.17) is 23.2 Å². The van der Waals surface area contributed by atoms with Crippen LogP contribution in [-0.4, -0.2) is 13.1 Å². The maximum absolute atomic E-state index is 6.42. The minimum atomic E-state index is 0.467. The van der Waals surface area contributed by atoms with Gasteiger partial charge in [-0.2, -0.15) is 0 Å². The summed E-state index contributed by atoms with van der Waals surface area (Å²) in [5.74, 6) is 0. The standard InChI is InChI=1S/C16H20Cl2N2S/c1-11(2)19-9-12-4-6-15(14(17)8-12)20(3)10-13-5-7-16(18)21-13/h4-8,11,19H,9-10H2,1-3H3. The van der Waals surface area contributed by atoms with Crippen LogP contribution in [0.3, 0.4) is 0 Å². The van der Waals surface area contributed by atoms with Crippen LogP contribution in [0.25, 0.3) is 0 Å². The quantitative estimate of drug-likeness (QED) is 0.776. The molecule has 1 heterocycles. The van der Waals surface area contributed by atoms with Crippen LogP contribution in [0.2, 0.25) is 9.36 Å². The molecule has 1 aromatic heterocycles. The zero-order valence-electron chi connectivity index (χ0n) is 12.5. The van der Waals surface area contributed by atoms with Crippen LogP contribution < -0.4 is 10.2 Å². The van der Waals surface area contributed by atoms with Gasteiger partial charge < -0.3 is 10.2 Å². The van der Waals surface area contributed by atoms with Gasteiger partial charge in [0.25, 0.3) is 0 Å². The Balaban J connectivity index is 2.05. The molecule has 2 rings (SSSR count). The third-order valence-corrected chi connectivity index (χ3v) is 4.68. The predicted octanol–water partition coefficient (Wildman–Crippen LogP) is 5.19. The molecule has 5 heteroatoms. The average Bonchev–Trinajstić information content (AvgIpc) is 2.81. The van der Waals surface area contributed by atoms with E-state index in [1.165, 1.54) is 10.4 Å². The minimum Gasteiger partial charge on any atom is -0.368 e. The van der Waals surface area contributed by atoms with E-state index in [0.29, 0.717) is 6.04 Å². The topological polar surface area (TPSA) is 15.3 Å². The number of halogens is 2. The van der Waals surface area contributed by atoms with Crippen LogP contribution >= 0.6 is 34.5 Å². The summed E-state index contributed by atoms with van der Waals surface area (Å²) in [7, 11) is 2.04. The van der Waals surface area contributed by atoms with E-state index in [1.54, 1.807) is 11.3 Å². The minimum absolute atomic E-state index is 0.467. The summed E-state index contributed by atoms with van der Waals surface area (Å²) in [6, 6.07) is 10.7. The maximum Gasteiger partial charge on any atom is 0.0931 e. The Labute approximate surface area is 140 Å². The number of thiophene rings is 1. The highest BCUT2D eigenvalue weighted by atomic mass is 35.5. The van der Waals surface area contributed by atoms with Crippen LogP contribution in [0.15, 0.2) is 30.3 Å². The Hall–Kier alpha value is -0.740. The summed E-state index contributed by atoms with van der Waals surface area (Å²) in [6.45, 7) is 5.91. The lowest BCUT2D eigenvalue weighted by Gasteiger charge is -2.20. The number of nitrogens with zero attached hydrogens (tertiary/aromatic N) is 1. The molecule has 1 aromatic carbocycles. The Morgan fingerprint density at radius 3 is 2.52 bits per heavy atom. The Morgan fingerprint density at radius 2 is 1.95 bits per heavy atom. The van der Waals surface area contributed by atoms with Gasteiger partial charge in [0, 0.05) is 24.5 Å². The SMILES string of the molecule is CC(C)NCc1ccc(N(C)Cc2ccc(Cl)s2)c(Cl)c1. The molecule has 0 unspecified atom stereocenters. The first-order chi connectivity index (χ1) is 9.95. The van der Waals surface area contributed by atoms with Crippen molar-refractivity contribution in [3.63, 3.8) is 0 Å². The van der Waals surface area contributed by atoms with Crippen LogP contribution in [-0.2, 0) is 13.1 Å². The summed E-state index contributed by atoms with van der Waals surface area (Å²) >= 11 is 14.0. The highest BCUT2D eigenvalue weighted by molar-refractivity contribution is 7.16. The van der Waals surface area contributed by atoms with Gasteiger partial charge in [0.05, 0.1) is 21.6 Å². The van der Waals surface area contributed by atoms with Crippen molar-refractivity contribution >= 4 is 40.2 Å². The lowest BCUT2D eigenvalue weighted by molar-refractivity contribution is 0.589. The largest absolute Gasteiger partial charge is 0.368 e. The van der Waals surface area contributed by atoms with Gasteiger partial charge in [-0.05, 0) is 29.8 Å². The molecule has 0 atom stereocenters. The van der Waals surface area contributed by atoms with E-state index in [0.717, 1.165) is 28.1 Å². The van der Waals surface area contributed by atoms with Crippen molar-refractivity contribution in [3.05, 3.63) is 50.1 Å². The molecule has 0 fully saturated rings. The van der Waals surface area contributed by atoms with Gasteiger partial charge >= 0.3 is 0 Å². The smallest absolute Gasteiger partial charge is 0.0931 e. The molecule has 21 heavy (non-hydrogen) atoms. The van der Waals surface area contributed by atoms with E-state index < -0.39 is 0 Å². The van der Waals surface area contributed by atoms with Crippen molar-refractivity contribution in [2.45, 2.75) is 33.0 Å². The van der Waals surface area contributed by atoms with Gasteiger partial charge in [-0.3, -0.25) is 0 Å². The van der Waals surface area contributed by atoms with Crippen molar-refractivity contribution in [2.24, 2.45) is 0 Å². The van der Waals surface area contributed by atoms with Crippen LogP contribution in [0.5, 0.6) is 0 Å². The molecule has 0 aliphatic carbocycles. The molecule has 0 saturated carbocycles. The second-order valence-corrected chi connectivity index (χ2v) is 7.59. The van der Waals surface area contributed by atoms with Gasteiger partial charge in [0.15, 0.2) is 0 Å². The molecule has 0 aliphatic rings. The van der Waals surface area contributed by atoms with E-state index in [-0.39, 0.29) is 0 Å². The molecule has 0 spiro atoms. The van der Waals surface area contributed by atoms with Gasteiger partial charge in [0.1, 0.15) is 0 Å². The first-order valence-corrected chi connectivity index (χ1v) is 8.50. The van der Waals surface area contributed by atoms with E-state index >= 15 is 0 Å². The van der Waals surface area contributed by atoms with Crippen molar-refractivity contribution in [2.75, 3.05) is 11.9 Å². The zero-order valence-corrected chi connectivity index (χ0v) is 14.8. The molecular weight excluding hydrogens is 323 g/mol. The van der Waals surface area contributed by atoms with Crippen molar-refractivity contribution < 1.29 is 0 Å². The molecule has 2 nitrogen and oxygen atoms in total. The van der Waals surface area contributed by atoms with Gasteiger partial charge in [-0.25, -0.2) is 0 Å². The number of nitrogens with one attached hydrogen (secondary N) is 1. The predicted molar refractivity (Wildman–Crippen MR) is 94.9 cm³/mol. The number of anilines is 1. The monoisotopic (exact) mass is 342 g/mol. The summed E-state index contributed by atoms with van der Waals surface area (Å²) in [4.78, 5) is 3.37. The molecule has 0 radical (unpaired) electrons. The molecular formula is C16H20Cl2N2S. The van der Waals surface area contributed by atoms with E-state index in [9.17, 15) is 0 Å². The lowest BCUT2D eigenvalue weighted by Crippen LogP contribution is -2.22. The highest BCUT2D eigenvalue weighted by Crippen LogP contribution is 2.29. The lowest BCUT2D eigenvalue weighted by atomic mass is 10.2. The summed E-state index contributed by atoms with van der Waals surface area (Å²) in [5.41, 5.74) is 2.24. The molecule has 0 aliphatic heterocycles. The first kappa shape index (κ1) is 16.6. The summed E-state index contributed by atoms with van der Waals surface area (Å²) in [5, 5.41) is 4.18. The third-order valence-electron chi connectivity index (χ3n) is 3.16. The Bertz CT molecular complexity index is 596. The third kappa shape index (κ3) is 4.89. The van der Waals surface area contributed by atoms with E-state index in [2.05, 4.69) is 42.3 Å². The van der Waals surface area contributed by atoms with Gasteiger partial charge in [-0.1, -0.05) is 43.1 Å². The molecule has 1 N–H and O–H groups in total. The highest BCUT2D eigenvalue weighted by Gasteiger charge is 2.09. The molecule has 0 bridgehead atoms. The summed E-state index contributed by atoms with van der Waals surface area (Å²) < 4.78 is 0.819. The number of hydrogen-bond acceptors (Lipinski definition) is 3. The second-order valence-electron chi connectivity index (χ2n) is 5.38. The fourth-order valence-corrected chi connectivity index (χ4v) is 3.54. The second kappa shape index (κ2) is 7.50. The Kier molecular flexibility index (Phi) is 5.94. The number of rotatable bonds is 6. The van der Waals surface area contributed by atoms with Crippen molar-refractivity contribution in [3.8, 4) is 0 Å². The van der Waals surface area contributed by atoms with Crippen LogP contribution in [0.4, 0.5) is 5.69 Å². The van der Waals surface area contributed by atoms with Crippen molar-refractivity contribution in [1.29, 1.82) is 0 Å². The maximum atomic E-state index is 6.42. The zero-order chi connectivity index (χ0) is 15.4. The molecule has 0 amide bonds. The van der Waals surface area contributed by atoms with Crippen LogP contribution in [0.1, 0.15) is 24.3 Å². The van der Waals surface area contributed by atoms with Gasteiger partial charge in [-0.15, -0.1) is 11.3 Å². The summed E-state index contributed by atoms with van der Waals surface area (Å²) in [6.07, 6.45) is 0. The van der Waals surface area contributed by atoms with Crippen molar-refractivity contribution in [1.82, 2.24) is 5.32 Å². The average molecular weight is 343 g/mol. The number of benzene rings is 1. The number of hydrogen-bond donors (Lipinski definition) is 1.